The van der Waals surface area contributed by atoms with Crippen molar-refractivity contribution in [2.75, 3.05) is 11.9 Å². The molecule has 4 heteroatoms. The summed E-state index contributed by atoms with van der Waals surface area (Å²) in [5.41, 5.74) is 1.46. The Morgan fingerprint density at radius 1 is 1.19 bits per heavy atom. The molecule has 1 aromatic rings. The van der Waals surface area contributed by atoms with Crippen molar-refractivity contribution in [3.8, 4) is 0 Å². The van der Waals surface area contributed by atoms with Crippen molar-refractivity contribution >= 4 is 17.5 Å². The summed E-state index contributed by atoms with van der Waals surface area (Å²) < 4.78 is 0. The summed E-state index contributed by atoms with van der Waals surface area (Å²) >= 11 is 0. The summed E-state index contributed by atoms with van der Waals surface area (Å²) in [7, 11) is 0. The van der Waals surface area contributed by atoms with Gasteiger partial charge < -0.3 is 10.6 Å². The molecule has 0 unspecified atom stereocenters. The molecule has 1 aliphatic carbocycles. The second-order valence-electron chi connectivity index (χ2n) is 6.28. The normalized spacial score (nSPS) is 15.6. The number of rotatable bonds is 6. The van der Waals surface area contributed by atoms with Crippen LogP contribution >= 0.6 is 0 Å². The second-order valence-corrected chi connectivity index (χ2v) is 6.28. The summed E-state index contributed by atoms with van der Waals surface area (Å²) in [4.78, 5) is 23.4. The molecule has 2 rings (SSSR count). The number of amides is 2. The first-order valence-electron chi connectivity index (χ1n) is 7.60. The van der Waals surface area contributed by atoms with Crippen LogP contribution in [0.25, 0.3) is 0 Å². The number of carbonyl (C=O) groups excluding carboxylic acids is 2. The molecule has 1 aromatic carbocycles. The van der Waals surface area contributed by atoms with E-state index in [0.29, 0.717) is 5.92 Å². The van der Waals surface area contributed by atoms with E-state index >= 15 is 0 Å². The lowest BCUT2D eigenvalue weighted by atomic mass is 9.94. The third-order valence-electron chi connectivity index (χ3n) is 3.95. The van der Waals surface area contributed by atoms with Crippen molar-refractivity contribution < 1.29 is 9.59 Å². The molecule has 2 amide bonds. The van der Waals surface area contributed by atoms with Crippen LogP contribution in [0.15, 0.2) is 24.3 Å². The smallest absolute Gasteiger partial charge is 0.230 e. The Labute approximate surface area is 126 Å². The molecule has 0 heterocycles. The molecule has 0 atom stereocenters. The molecule has 0 aromatic heterocycles. The van der Waals surface area contributed by atoms with Crippen LogP contribution in [0.2, 0.25) is 0 Å². The molecule has 0 saturated heterocycles. The van der Waals surface area contributed by atoms with Crippen LogP contribution in [-0.4, -0.2) is 18.4 Å². The zero-order valence-electron chi connectivity index (χ0n) is 13.0. The molecule has 2 N–H and O–H groups in total. The van der Waals surface area contributed by atoms with E-state index in [-0.39, 0.29) is 17.2 Å². The third-order valence-corrected chi connectivity index (χ3v) is 3.95. The van der Waals surface area contributed by atoms with Gasteiger partial charge >= 0.3 is 0 Å². The molecular weight excluding hydrogens is 264 g/mol. The van der Waals surface area contributed by atoms with Crippen LogP contribution in [-0.2, 0) is 15.0 Å². The van der Waals surface area contributed by atoms with Gasteiger partial charge in [-0.25, -0.2) is 0 Å². The second kappa shape index (κ2) is 6.29. The summed E-state index contributed by atoms with van der Waals surface area (Å²) in [5, 5.41) is 5.79. The molecule has 1 saturated carbocycles. The standard InChI is InChI=1S/C17H24N2O2/c1-12(2)8-11-18-16(21)17(9-10-17)14-4-6-15(7-5-14)19-13(3)20/h4-7,12H,8-11H2,1-3H3,(H,18,21)(H,19,20). The third kappa shape index (κ3) is 3.84. The summed E-state index contributed by atoms with van der Waals surface area (Å²) in [5.74, 6) is 0.642. The molecule has 1 fully saturated rings. The first-order valence-corrected chi connectivity index (χ1v) is 7.60. The molecule has 0 radical (unpaired) electrons. The van der Waals surface area contributed by atoms with E-state index in [2.05, 4.69) is 24.5 Å². The number of anilines is 1. The van der Waals surface area contributed by atoms with Gasteiger partial charge in [0.1, 0.15) is 0 Å². The number of carbonyl (C=O) groups is 2. The largest absolute Gasteiger partial charge is 0.355 e. The highest BCUT2D eigenvalue weighted by Crippen LogP contribution is 2.48. The number of benzene rings is 1. The van der Waals surface area contributed by atoms with Crippen molar-refractivity contribution in [1.29, 1.82) is 0 Å². The summed E-state index contributed by atoms with van der Waals surface area (Å²) in [6.07, 6.45) is 2.81. The van der Waals surface area contributed by atoms with Crippen LogP contribution < -0.4 is 10.6 Å². The zero-order valence-corrected chi connectivity index (χ0v) is 13.0. The topological polar surface area (TPSA) is 58.2 Å². The fourth-order valence-corrected chi connectivity index (χ4v) is 2.49. The quantitative estimate of drug-likeness (QED) is 0.845. The van der Waals surface area contributed by atoms with Crippen molar-refractivity contribution in [2.24, 2.45) is 5.92 Å². The van der Waals surface area contributed by atoms with Gasteiger partial charge in [-0.2, -0.15) is 0 Å². The minimum atomic E-state index is -0.342. The van der Waals surface area contributed by atoms with Crippen LogP contribution in [0, 0.1) is 5.92 Å². The van der Waals surface area contributed by atoms with E-state index in [1.165, 1.54) is 6.92 Å². The molecule has 0 spiro atoms. The minimum Gasteiger partial charge on any atom is -0.355 e. The first kappa shape index (κ1) is 15.5. The van der Waals surface area contributed by atoms with Crippen molar-refractivity contribution in [3.05, 3.63) is 29.8 Å². The molecule has 0 bridgehead atoms. The van der Waals surface area contributed by atoms with Crippen molar-refractivity contribution in [3.63, 3.8) is 0 Å². The molecule has 1 aliphatic rings. The lowest BCUT2D eigenvalue weighted by Gasteiger charge is -2.17. The average molecular weight is 288 g/mol. The first-order chi connectivity index (χ1) is 9.94. The maximum Gasteiger partial charge on any atom is 0.230 e. The molecule has 114 valence electrons. The highest BCUT2D eigenvalue weighted by atomic mass is 16.2. The number of hydrogen-bond acceptors (Lipinski definition) is 2. The predicted octanol–water partition coefficient (Wildman–Crippen LogP) is 2.84. The maximum absolute atomic E-state index is 12.4. The zero-order chi connectivity index (χ0) is 15.5. The van der Waals surface area contributed by atoms with Gasteiger partial charge in [-0.3, -0.25) is 9.59 Å². The maximum atomic E-state index is 12.4. The highest BCUT2D eigenvalue weighted by Gasteiger charge is 2.50. The van der Waals surface area contributed by atoms with Crippen molar-refractivity contribution in [1.82, 2.24) is 5.32 Å². The molecule has 21 heavy (non-hydrogen) atoms. The lowest BCUT2D eigenvalue weighted by molar-refractivity contribution is -0.123. The van der Waals surface area contributed by atoms with E-state index < -0.39 is 0 Å². The lowest BCUT2D eigenvalue weighted by Crippen LogP contribution is -2.35. The number of hydrogen-bond donors (Lipinski definition) is 2. The van der Waals surface area contributed by atoms with Crippen LogP contribution in [0.4, 0.5) is 5.69 Å². The van der Waals surface area contributed by atoms with Crippen LogP contribution in [0.5, 0.6) is 0 Å². The molecule has 0 aliphatic heterocycles. The number of nitrogens with one attached hydrogen (secondary N) is 2. The van der Waals surface area contributed by atoms with Gasteiger partial charge in [-0.1, -0.05) is 26.0 Å². The highest BCUT2D eigenvalue weighted by molar-refractivity contribution is 5.92. The van der Waals surface area contributed by atoms with Crippen LogP contribution in [0.1, 0.15) is 45.6 Å². The Kier molecular flexibility index (Phi) is 4.66. The van der Waals surface area contributed by atoms with Crippen LogP contribution in [0.3, 0.4) is 0 Å². The minimum absolute atomic E-state index is 0.0877. The average Bonchev–Trinajstić information content (AvgIpc) is 3.20. The van der Waals surface area contributed by atoms with E-state index in [1.54, 1.807) is 0 Å². The van der Waals surface area contributed by atoms with Gasteiger partial charge in [-0.05, 0) is 42.9 Å². The van der Waals surface area contributed by atoms with Crippen molar-refractivity contribution in [2.45, 2.75) is 45.4 Å². The van der Waals surface area contributed by atoms with Gasteiger partial charge in [0.05, 0.1) is 5.41 Å². The van der Waals surface area contributed by atoms with Gasteiger partial charge in [-0.15, -0.1) is 0 Å². The predicted molar refractivity (Wildman–Crippen MR) is 84.1 cm³/mol. The monoisotopic (exact) mass is 288 g/mol. The Morgan fingerprint density at radius 2 is 1.81 bits per heavy atom. The van der Waals surface area contributed by atoms with E-state index in [1.807, 2.05) is 24.3 Å². The fourth-order valence-electron chi connectivity index (χ4n) is 2.49. The van der Waals surface area contributed by atoms with Gasteiger partial charge in [0, 0.05) is 19.2 Å². The van der Waals surface area contributed by atoms with E-state index in [4.69, 9.17) is 0 Å². The van der Waals surface area contributed by atoms with Gasteiger partial charge in [0.2, 0.25) is 11.8 Å². The molecular formula is C17H24N2O2. The Bertz CT molecular complexity index is 516. The van der Waals surface area contributed by atoms with Gasteiger partial charge in [0.25, 0.3) is 0 Å². The van der Waals surface area contributed by atoms with Gasteiger partial charge in [0.15, 0.2) is 0 Å². The summed E-state index contributed by atoms with van der Waals surface area (Å²) in [6.45, 7) is 6.53. The van der Waals surface area contributed by atoms with E-state index in [9.17, 15) is 9.59 Å². The fraction of sp³-hybridized carbons (Fsp3) is 0.529. The Morgan fingerprint density at radius 3 is 2.29 bits per heavy atom. The summed E-state index contributed by atoms with van der Waals surface area (Å²) in [6, 6.07) is 7.61. The Hall–Kier alpha value is -1.84. The molecule has 4 nitrogen and oxygen atoms in total. The van der Waals surface area contributed by atoms with E-state index in [0.717, 1.165) is 37.1 Å². The Balaban J connectivity index is 1.99. The SMILES string of the molecule is CC(=O)Nc1ccc(C2(C(=O)NCCC(C)C)CC2)cc1.